The molecule has 1 saturated heterocycles. The molecule has 0 radical (unpaired) electrons. The molecule has 0 bridgehead atoms. The molecule has 5 rings (SSSR count). The first kappa shape index (κ1) is 20.6. The topological polar surface area (TPSA) is 102 Å². The largest absolute Gasteiger partial charge is 0.481 e. The smallest absolute Gasteiger partial charge is 0.310 e. The number of fused-ring (bicyclic) bond motifs is 2. The molecule has 1 aromatic heterocycles. The lowest BCUT2D eigenvalue weighted by molar-refractivity contribution is -0.153. The van der Waals surface area contributed by atoms with Gasteiger partial charge in [-0.1, -0.05) is 35.9 Å². The standard InChI is InChI=1S/C24H22ClN3O4/c25-16-5-6-20-14(7-16)9-21(27-20)22(29)26-17-8-13-3-1-2-4-18(13)19(10-17)23(30)28-11-15(12-28)24(31)32/h1-7,9,15,17,19,27H,8,10-12H2,(H,26,29)(H,31,32)/t17-,19+/m0/s1. The normalized spacial score (nSPS) is 20.5. The quantitative estimate of drug-likeness (QED) is 0.566. The van der Waals surface area contributed by atoms with Crippen molar-refractivity contribution in [1.29, 1.82) is 0 Å². The van der Waals surface area contributed by atoms with E-state index >= 15 is 0 Å². The highest BCUT2D eigenvalue weighted by Gasteiger charge is 2.41. The number of carboxylic acid groups (broad SMARTS) is 1. The number of amides is 2. The molecule has 0 unspecified atom stereocenters. The Morgan fingerprint density at radius 1 is 1.09 bits per heavy atom. The predicted molar refractivity (Wildman–Crippen MR) is 120 cm³/mol. The molecule has 2 amide bonds. The van der Waals surface area contributed by atoms with E-state index in [2.05, 4.69) is 10.3 Å². The van der Waals surface area contributed by atoms with Gasteiger partial charge in [0.15, 0.2) is 0 Å². The van der Waals surface area contributed by atoms with Gasteiger partial charge in [-0.2, -0.15) is 0 Å². The summed E-state index contributed by atoms with van der Waals surface area (Å²) in [5.41, 5.74) is 3.26. The van der Waals surface area contributed by atoms with E-state index in [1.807, 2.05) is 30.3 Å². The van der Waals surface area contributed by atoms with Gasteiger partial charge in [0, 0.05) is 35.1 Å². The highest BCUT2D eigenvalue weighted by atomic mass is 35.5. The third-order valence-corrected chi connectivity index (χ3v) is 6.66. The summed E-state index contributed by atoms with van der Waals surface area (Å²) in [6, 6.07) is 14.7. The summed E-state index contributed by atoms with van der Waals surface area (Å²) in [4.78, 5) is 41.9. The SMILES string of the molecule is O=C(N[C@H]1Cc2ccccc2[C@H](C(=O)N2CC(C(=O)O)C2)C1)c1cc2cc(Cl)ccc2[nH]1. The molecule has 0 saturated carbocycles. The van der Waals surface area contributed by atoms with Crippen LogP contribution < -0.4 is 5.32 Å². The van der Waals surface area contributed by atoms with Gasteiger partial charge in [0.05, 0.1) is 11.8 Å². The molecule has 2 aliphatic rings. The van der Waals surface area contributed by atoms with E-state index in [4.69, 9.17) is 16.7 Å². The number of benzene rings is 2. The Balaban J connectivity index is 1.34. The van der Waals surface area contributed by atoms with E-state index in [1.165, 1.54) is 0 Å². The van der Waals surface area contributed by atoms with Gasteiger partial charge in [0.25, 0.3) is 5.91 Å². The molecule has 1 aliphatic carbocycles. The Bertz CT molecular complexity index is 1230. The fourth-order valence-electron chi connectivity index (χ4n) is 4.69. The highest BCUT2D eigenvalue weighted by Crippen LogP contribution is 2.35. The lowest BCUT2D eigenvalue weighted by Crippen LogP contribution is -2.55. The number of hydrogen-bond acceptors (Lipinski definition) is 3. The number of carbonyl (C=O) groups excluding carboxylic acids is 2. The van der Waals surface area contributed by atoms with Gasteiger partial charge in [-0.3, -0.25) is 14.4 Å². The van der Waals surface area contributed by atoms with Crippen LogP contribution in [0, 0.1) is 5.92 Å². The van der Waals surface area contributed by atoms with E-state index in [-0.39, 0.29) is 30.9 Å². The molecule has 1 fully saturated rings. The average Bonchev–Trinajstić information content (AvgIpc) is 3.15. The average molecular weight is 452 g/mol. The van der Waals surface area contributed by atoms with Crippen molar-refractivity contribution in [3.63, 3.8) is 0 Å². The van der Waals surface area contributed by atoms with Crippen molar-refractivity contribution in [1.82, 2.24) is 15.2 Å². The molecule has 3 N–H and O–H groups in total. The summed E-state index contributed by atoms with van der Waals surface area (Å²) >= 11 is 6.04. The summed E-state index contributed by atoms with van der Waals surface area (Å²) in [7, 11) is 0. The lowest BCUT2D eigenvalue weighted by Gasteiger charge is -2.41. The van der Waals surface area contributed by atoms with Crippen LogP contribution in [0.2, 0.25) is 5.02 Å². The van der Waals surface area contributed by atoms with Crippen molar-refractivity contribution in [2.75, 3.05) is 13.1 Å². The second-order valence-corrected chi connectivity index (χ2v) is 8.99. The summed E-state index contributed by atoms with van der Waals surface area (Å²) in [6.07, 6.45) is 1.11. The monoisotopic (exact) mass is 451 g/mol. The molecular weight excluding hydrogens is 430 g/mol. The van der Waals surface area contributed by atoms with E-state index in [1.54, 1.807) is 23.1 Å². The first-order chi connectivity index (χ1) is 15.4. The van der Waals surface area contributed by atoms with Gasteiger partial charge in [-0.25, -0.2) is 0 Å². The minimum Gasteiger partial charge on any atom is -0.481 e. The van der Waals surface area contributed by atoms with Crippen LogP contribution in [-0.2, 0) is 16.0 Å². The van der Waals surface area contributed by atoms with Crippen LogP contribution in [-0.4, -0.2) is 51.9 Å². The van der Waals surface area contributed by atoms with Crippen molar-refractivity contribution < 1.29 is 19.5 Å². The third-order valence-electron chi connectivity index (χ3n) is 6.42. The second kappa shape index (κ2) is 7.98. The number of aliphatic carboxylic acids is 1. The van der Waals surface area contributed by atoms with Crippen molar-refractivity contribution in [2.24, 2.45) is 5.92 Å². The van der Waals surface area contributed by atoms with Crippen LogP contribution in [0.25, 0.3) is 10.9 Å². The van der Waals surface area contributed by atoms with E-state index in [0.717, 1.165) is 22.0 Å². The van der Waals surface area contributed by atoms with Crippen molar-refractivity contribution in [3.8, 4) is 0 Å². The van der Waals surface area contributed by atoms with Crippen molar-refractivity contribution in [3.05, 3.63) is 70.4 Å². The molecule has 3 aromatic rings. The zero-order valence-electron chi connectivity index (χ0n) is 17.2. The van der Waals surface area contributed by atoms with Gasteiger partial charge < -0.3 is 20.3 Å². The Kier molecular flexibility index (Phi) is 5.13. The van der Waals surface area contributed by atoms with E-state index in [9.17, 15) is 14.4 Å². The maximum absolute atomic E-state index is 13.2. The predicted octanol–water partition coefficient (Wildman–Crippen LogP) is 3.19. The minimum absolute atomic E-state index is 0.0749. The first-order valence-electron chi connectivity index (χ1n) is 10.6. The van der Waals surface area contributed by atoms with E-state index in [0.29, 0.717) is 23.6 Å². The minimum atomic E-state index is -0.872. The number of aromatic nitrogens is 1. The first-order valence-corrected chi connectivity index (χ1v) is 11.0. The molecule has 2 heterocycles. The van der Waals surface area contributed by atoms with Crippen molar-refractivity contribution in [2.45, 2.75) is 24.8 Å². The highest BCUT2D eigenvalue weighted by molar-refractivity contribution is 6.31. The van der Waals surface area contributed by atoms with Crippen LogP contribution in [0.4, 0.5) is 0 Å². The van der Waals surface area contributed by atoms with E-state index < -0.39 is 17.8 Å². The molecule has 2 atom stereocenters. The Hall–Kier alpha value is -3.32. The fourth-order valence-corrected chi connectivity index (χ4v) is 4.87. The number of nitrogens with one attached hydrogen (secondary N) is 2. The number of rotatable bonds is 4. The maximum Gasteiger partial charge on any atom is 0.310 e. The number of halogens is 1. The Morgan fingerprint density at radius 2 is 1.88 bits per heavy atom. The summed E-state index contributed by atoms with van der Waals surface area (Å²) in [6.45, 7) is 0.475. The number of nitrogens with zero attached hydrogens (tertiary/aromatic N) is 1. The van der Waals surface area contributed by atoms with Crippen LogP contribution in [0.15, 0.2) is 48.5 Å². The van der Waals surface area contributed by atoms with Gasteiger partial charge in [-0.05, 0) is 48.2 Å². The molecule has 2 aromatic carbocycles. The summed E-state index contributed by atoms with van der Waals surface area (Å²) in [5, 5.41) is 13.7. The molecular formula is C24H22ClN3O4. The van der Waals surface area contributed by atoms with Crippen LogP contribution in [0.5, 0.6) is 0 Å². The summed E-state index contributed by atoms with van der Waals surface area (Å²) < 4.78 is 0. The fraction of sp³-hybridized carbons (Fsp3) is 0.292. The molecule has 0 spiro atoms. The van der Waals surface area contributed by atoms with Gasteiger partial charge in [0.2, 0.25) is 5.91 Å². The number of likely N-dealkylation sites (tertiary alicyclic amines) is 1. The zero-order valence-corrected chi connectivity index (χ0v) is 17.9. The maximum atomic E-state index is 13.2. The van der Waals surface area contributed by atoms with Crippen LogP contribution in [0.3, 0.4) is 0 Å². The molecule has 164 valence electrons. The van der Waals surface area contributed by atoms with Crippen LogP contribution >= 0.6 is 11.6 Å². The molecule has 7 nitrogen and oxygen atoms in total. The number of carbonyl (C=O) groups is 3. The molecule has 8 heteroatoms. The number of aromatic amines is 1. The second-order valence-electron chi connectivity index (χ2n) is 8.55. The number of hydrogen-bond donors (Lipinski definition) is 3. The third kappa shape index (κ3) is 3.73. The molecule has 32 heavy (non-hydrogen) atoms. The lowest BCUT2D eigenvalue weighted by atomic mass is 9.78. The number of carboxylic acids is 1. The van der Waals surface area contributed by atoms with Gasteiger partial charge in [0.1, 0.15) is 5.69 Å². The van der Waals surface area contributed by atoms with Gasteiger partial charge in [-0.15, -0.1) is 0 Å². The zero-order chi connectivity index (χ0) is 22.4. The van der Waals surface area contributed by atoms with Gasteiger partial charge >= 0.3 is 5.97 Å². The Labute approximate surface area is 189 Å². The summed E-state index contributed by atoms with van der Waals surface area (Å²) in [5.74, 6) is -2.08. The van der Waals surface area contributed by atoms with Crippen molar-refractivity contribution >= 4 is 40.3 Å². The van der Waals surface area contributed by atoms with Crippen LogP contribution in [0.1, 0.15) is 34.0 Å². The molecule has 1 aliphatic heterocycles. The number of H-pyrrole nitrogens is 1. The Morgan fingerprint density at radius 3 is 2.66 bits per heavy atom.